The number of carboxylic acids is 1. The van der Waals surface area contributed by atoms with Gasteiger partial charge in [0.1, 0.15) is 0 Å². The summed E-state index contributed by atoms with van der Waals surface area (Å²) in [7, 11) is 0. The first-order valence-electron chi connectivity index (χ1n) is 1.64. The fourth-order valence-electron chi connectivity index (χ4n) is 0. The molecule has 0 aromatic rings. The number of carbonyl (C=O) groups is 1. The zero-order valence-corrected chi connectivity index (χ0v) is 10.9. The molecule has 0 aliphatic carbocycles. The molecule has 0 saturated carbocycles. The second-order valence-corrected chi connectivity index (χ2v) is 2.30. The van der Waals surface area contributed by atoms with Gasteiger partial charge in [0.2, 0.25) is 0 Å². The van der Waals surface area contributed by atoms with Crippen molar-refractivity contribution in [2.45, 2.75) is 6.92 Å². The van der Waals surface area contributed by atoms with Crippen LogP contribution in [0.2, 0.25) is 0 Å². The molecule has 0 atom stereocenters. The van der Waals surface area contributed by atoms with Gasteiger partial charge < -0.3 is 6.53 Å². The third-order valence-corrected chi connectivity index (χ3v) is 0. The van der Waals surface area contributed by atoms with Crippen LogP contribution in [0.15, 0.2) is 0 Å². The molecule has 9 heteroatoms. The standard InChI is InChI=1S/C2H4O2.Na.H2O2.H2O.2O.W.H/c1-2(3)4;;1-2;;;;;/h1H3,(H,3,4);;1-2H;1H2;;;;/q;+1;;;;;+1;-1/p-1. The third kappa shape index (κ3) is 1950. The van der Waals surface area contributed by atoms with Crippen LogP contribution >= 0.6 is 0 Å². The van der Waals surface area contributed by atoms with Crippen LogP contribution in [0.3, 0.4) is 0 Å². The average molecular weight is 351 g/mol. The summed E-state index contributed by atoms with van der Waals surface area (Å²) in [6.45, 7) is 1.08. The molecule has 0 aliphatic heterocycles. The molecule has 0 aliphatic rings. The van der Waals surface area contributed by atoms with Gasteiger partial charge in [-0.2, -0.15) is 0 Å². The molecule has 0 fully saturated rings. The van der Waals surface area contributed by atoms with Gasteiger partial charge in [0.25, 0.3) is 5.97 Å². The summed E-state index contributed by atoms with van der Waals surface area (Å²) in [5.41, 5.74) is 0. The van der Waals surface area contributed by atoms with E-state index in [9.17, 15) is 0 Å². The van der Waals surface area contributed by atoms with E-state index in [2.05, 4.69) is 0 Å². The molecular formula is C2H8NaO7W. The molecule has 0 spiro atoms. The van der Waals surface area contributed by atoms with Gasteiger partial charge in [0.15, 0.2) is 0 Å². The molecule has 0 aromatic heterocycles. The minimum atomic E-state index is -4.03. The first-order chi connectivity index (χ1) is 4.46. The molecule has 0 amide bonds. The van der Waals surface area contributed by atoms with Crippen molar-refractivity contribution in [2.75, 3.05) is 0 Å². The SMILES string of the molecule is CC(=O)O.OO.[H-].[Na+].[O]=[W](=[O])[OH]. The Morgan fingerprint density at radius 3 is 1.36 bits per heavy atom. The molecule has 0 bridgehead atoms. The fraction of sp³-hybridized carbons (Fsp3) is 0.500. The van der Waals surface area contributed by atoms with Crippen molar-refractivity contribution < 1.29 is 79.6 Å². The first-order valence-corrected chi connectivity index (χ1v) is 5.35. The normalized spacial score (nSPS) is 5.09. The first kappa shape index (κ1) is 22.6. The van der Waals surface area contributed by atoms with Gasteiger partial charge in [-0.05, 0) is 0 Å². The summed E-state index contributed by atoms with van der Waals surface area (Å²) < 4.78 is 24.6. The van der Waals surface area contributed by atoms with E-state index in [1.165, 1.54) is 0 Å². The van der Waals surface area contributed by atoms with Crippen molar-refractivity contribution in [3.05, 3.63) is 0 Å². The second-order valence-electron chi connectivity index (χ2n) is 0.736. The van der Waals surface area contributed by atoms with Gasteiger partial charge in [-0.15, -0.1) is 0 Å². The Kier molecular flexibility index (Phi) is 46.0. The molecule has 11 heavy (non-hydrogen) atoms. The number of hydrogen-bond donors (Lipinski definition) is 4. The molecule has 0 aromatic carbocycles. The van der Waals surface area contributed by atoms with Crippen LogP contribution < -0.4 is 29.6 Å². The number of aliphatic carboxylic acids is 1. The zero-order chi connectivity index (χ0) is 9.15. The predicted molar refractivity (Wildman–Crippen MR) is 23.3 cm³/mol. The maximum atomic E-state index is 9.00. The monoisotopic (exact) mass is 351 g/mol. The van der Waals surface area contributed by atoms with Crippen molar-refractivity contribution >= 4 is 5.97 Å². The Balaban J connectivity index is -0.0000000198. The number of hydrogen-bond acceptors (Lipinski definition) is 5. The predicted octanol–water partition coefficient (Wildman–Crippen LogP) is -3.57. The van der Waals surface area contributed by atoms with Crippen LogP contribution in [0.4, 0.5) is 0 Å². The van der Waals surface area contributed by atoms with E-state index in [-0.39, 0.29) is 31.0 Å². The van der Waals surface area contributed by atoms with Crippen molar-refractivity contribution in [3.8, 4) is 0 Å². The van der Waals surface area contributed by atoms with Crippen LogP contribution in [0, 0.1) is 0 Å². The van der Waals surface area contributed by atoms with Gasteiger partial charge in [0.05, 0.1) is 0 Å². The Hall–Kier alpha value is 0.638. The van der Waals surface area contributed by atoms with Crippen LogP contribution in [0.5, 0.6) is 0 Å². The van der Waals surface area contributed by atoms with Crippen LogP contribution in [0.1, 0.15) is 8.35 Å². The summed E-state index contributed by atoms with van der Waals surface area (Å²) in [5.74, 6) is -0.833. The summed E-state index contributed by atoms with van der Waals surface area (Å²) in [6.07, 6.45) is 0. The van der Waals surface area contributed by atoms with Crippen LogP contribution in [-0.4, -0.2) is 25.4 Å². The second kappa shape index (κ2) is 22.4. The van der Waals surface area contributed by atoms with Gasteiger partial charge in [-0.1, -0.05) is 0 Å². The third-order valence-electron chi connectivity index (χ3n) is 0. The molecule has 0 radical (unpaired) electrons. The minimum absolute atomic E-state index is 0. The average Bonchev–Trinajstić information content (AvgIpc) is 1.66. The van der Waals surface area contributed by atoms with E-state index in [1.54, 1.807) is 0 Å². The molecule has 65 valence electrons. The molecule has 4 N–H and O–H groups in total. The topological polar surface area (TPSA) is 132 Å². The van der Waals surface area contributed by atoms with Crippen molar-refractivity contribution in [1.29, 1.82) is 0 Å². The summed E-state index contributed by atoms with van der Waals surface area (Å²) >= 11 is -4.03. The summed E-state index contributed by atoms with van der Waals surface area (Å²) in [6, 6.07) is 0. The molecular weight excluding hydrogens is 343 g/mol. The van der Waals surface area contributed by atoms with Crippen LogP contribution in [-0.2, 0) is 29.2 Å². The Bertz CT molecular complexity index is 123. The molecule has 7 nitrogen and oxygen atoms in total. The van der Waals surface area contributed by atoms with E-state index in [1.807, 2.05) is 0 Å². The van der Waals surface area contributed by atoms with E-state index < -0.39 is 23.6 Å². The molecule has 0 saturated heterocycles. The molecule has 0 heterocycles. The Morgan fingerprint density at radius 2 is 1.36 bits per heavy atom. The van der Waals surface area contributed by atoms with E-state index in [0.717, 1.165) is 6.92 Å². The molecule has 0 unspecified atom stereocenters. The van der Waals surface area contributed by atoms with Crippen molar-refractivity contribution in [3.63, 3.8) is 0 Å². The maximum absolute atomic E-state index is 9.00. The Morgan fingerprint density at radius 1 is 1.36 bits per heavy atom. The number of rotatable bonds is 0. The summed E-state index contributed by atoms with van der Waals surface area (Å²) in [5, 5.41) is 19.4. The molecule has 0 rings (SSSR count). The van der Waals surface area contributed by atoms with E-state index in [4.69, 9.17) is 31.0 Å². The van der Waals surface area contributed by atoms with Crippen molar-refractivity contribution in [2.24, 2.45) is 0 Å². The van der Waals surface area contributed by atoms with Gasteiger partial charge in [-0.25, -0.2) is 0 Å². The van der Waals surface area contributed by atoms with Crippen molar-refractivity contribution in [1.82, 2.24) is 0 Å². The van der Waals surface area contributed by atoms with Gasteiger partial charge >= 0.3 is 57.7 Å². The zero-order valence-electron chi connectivity index (χ0n) is 6.92. The van der Waals surface area contributed by atoms with E-state index in [0.29, 0.717) is 0 Å². The van der Waals surface area contributed by atoms with Gasteiger partial charge in [-0.3, -0.25) is 15.3 Å². The van der Waals surface area contributed by atoms with Crippen LogP contribution in [0.25, 0.3) is 0 Å². The van der Waals surface area contributed by atoms with Gasteiger partial charge in [0, 0.05) is 6.92 Å². The Labute approximate surface area is 92.0 Å². The van der Waals surface area contributed by atoms with E-state index >= 15 is 0 Å². The quantitative estimate of drug-likeness (QED) is 0.202. The fourth-order valence-corrected chi connectivity index (χ4v) is 0. The summed E-state index contributed by atoms with van der Waals surface area (Å²) in [4.78, 5) is 9.00. The number of carboxylic acid groups (broad SMARTS) is 1.